The van der Waals surface area contributed by atoms with Crippen LogP contribution in [0.1, 0.15) is 6.92 Å². The molecule has 0 aromatic rings. The molecule has 124 valence electrons. The molecule has 0 rings (SSSR count). The molecular weight excluding hydrogens is 431 g/mol. The first-order chi connectivity index (χ1) is 8.03. The second kappa shape index (κ2) is 50.0. The van der Waals surface area contributed by atoms with Gasteiger partial charge in [-0.1, -0.05) is 0 Å². The molecule has 20 heavy (non-hydrogen) atoms. The molecule has 0 aromatic heterocycles. The molecule has 0 bridgehead atoms. The van der Waals surface area contributed by atoms with Gasteiger partial charge < -0.3 is 43.2 Å². The molecule has 0 aliphatic rings. The molecule has 0 fully saturated rings. The van der Waals surface area contributed by atoms with E-state index in [4.69, 9.17) is 40.9 Å². The van der Waals surface area contributed by atoms with Crippen molar-refractivity contribution in [1.29, 1.82) is 0 Å². The molecule has 0 aromatic carbocycles. The summed E-state index contributed by atoms with van der Waals surface area (Å²) in [4.78, 5) is 0. The summed E-state index contributed by atoms with van der Waals surface area (Å²) in [6.07, 6.45) is -1.91. The molecule has 9 N–H and O–H groups in total. The first kappa shape index (κ1) is 42.9. The Morgan fingerprint density at radius 2 is 0.900 bits per heavy atom. The van der Waals surface area contributed by atoms with Crippen LogP contribution in [0.15, 0.2) is 0 Å². The monoisotopic (exact) mass is 457 g/mol. The average molecular weight is 460 g/mol. The third-order valence-electron chi connectivity index (χ3n) is 0.843. The third kappa shape index (κ3) is 74.7. The van der Waals surface area contributed by atoms with E-state index in [0.29, 0.717) is 0 Å². The minimum Gasteiger partial charge on any atom is -0.448 e. The molecule has 10 heteroatoms. The number of aliphatic hydroxyl groups is 7. The summed E-state index contributed by atoms with van der Waals surface area (Å²) in [6.45, 7) is 1.10. The molecule has 0 atom stereocenters. The summed E-state index contributed by atoms with van der Waals surface area (Å²) in [7, 11) is 1.25. The Morgan fingerprint density at radius 3 is 0.900 bits per heavy atom. The van der Waals surface area contributed by atoms with Crippen molar-refractivity contribution in [2.24, 2.45) is 0 Å². The van der Waals surface area contributed by atoms with E-state index in [2.05, 4.69) is 0 Å². The summed E-state index contributed by atoms with van der Waals surface area (Å²) >= 11 is 0. The molecule has 0 aliphatic carbocycles. The summed E-state index contributed by atoms with van der Waals surface area (Å²) in [5, 5.41) is 61.2. The van der Waals surface area contributed by atoms with Crippen LogP contribution in [0, 0.1) is 14.0 Å². The van der Waals surface area contributed by atoms with E-state index >= 15 is 0 Å². The molecule has 0 spiro atoms. The van der Waals surface area contributed by atoms with Crippen LogP contribution >= 0.6 is 0 Å². The van der Waals surface area contributed by atoms with Gasteiger partial charge in [0.05, 0.1) is 26.4 Å². The zero-order valence-corrected chi connectivity index (χ0v) is 17.1. The van der Waals surface area contributed by atoms with Crippen LogP contribution in [-0.2, 0) is 52.4 Å². The van der Waals surface area contributed by atoms with E-state index in [-0.39, 0.29) is 86.3 Å². The summed E-state index contributed by atoms with van der Waals surface area (Å²) in [5.41, 5.74) is 0. The van der Waals surface area contributed by atoms with Crippen molar-refractivity contribution in [2.75, 3.05) is 33.5 Å². The maximum atomic E-state index is 8.17. The van der Waals surface area contributed by atoms with E-state index in [1.807, 2.05) is 0 Å². The standard InChI is InChI=1S/2C3H8O3.C2H5O.CH4O.CH3.2Zr/c2*4-1-3(6)2-5;1-2-3;1-2;;;/h2*3-6H,1-2H2;2-3H,1H3;2H,1H3;1H3;;/q;;+1;;-1;;/p+1. The summed E-state index contributed by atoms with van der Waals surface area (Å²) in [6, 6.07) is 0. The van der Waals surface area contributed by atoms with Gasteiger partial charge in [0.25, 0.3) is 0 Å². The van der Waals surface area contributed by atoms with Crippen LogP contribution < -0.4 is 0 Å². The Hall–Kier alpha value is 1.32. The average Bonchev–Trinajstić information content (AvgIpc) is 2.40. The summed E-state index contributed by atoms with van der Waals surface area (Å²) < 4.78 is 0. The number of hydrogen-bond acceptors (Lipinski definition) is 7. The second-order valence-electron chi connectivity index (χ2n) is 2.30. The molecule has 0 heterocycles. The van der Waals surface area contributed by atoms with Gasteiger partial charge in [0.2, 0.25) is 6.61 Å². The van der Waals surface area contributed by atoms with E-state index in [1.165, 1.54) is 7.11 Å². The quantitative estimate of drug-likeness (QED) is 0.174. The minimum absolute atomic E-state index is 0. The van der Waals surface area contributed by atoms with E-state index in [9.17, 15) is 0 Å². The molecule has 8 nitrogen and oxygen atoms in total. The molecule has 0 saturated heterocycles. The maximum Gasteiger partial charge on any atom is 0.220 e. The Balaban J connectivity index is -0.0000000231. The van der Waals surface area contributed by atoms with Crippen LogP contribution in [-0.4, -0.2) is 86.6 Å². The van der Waals surface area contributed by atoms with Crippen molar-refractivity contribution >= 4 is 0 Å². The SMILES string of the molecule is C[CH+]O.C[OH2+].OCC(O)CO.OCC(O)CO.[CH3-].[Zr].[Zr]. The fourth-order valence-electron chi connectivity index (χ4n) is 0.115. The van der Waals surface area contributed by atoms with E-state index < -0.39 is 12.2 Å². The van der Waals surface area contributed by atoms with Gasteiger partial charge in [0, 0.05) is 52.4 Å². The van der Waals surface area contributed by atoms with Gasteiger partial charge in [0.15, 0.2) is 0 Å². The van der Waals surface area contributed by atoms with E-state index in [0.717, 1.165) is 6.61 Å². The largest absolute Gasteiger partial charge is 0.448 e. The first-order valence-electron chi connectivity index (χ1n) is 4.75. The van der Waals surface area contributed by atoms with Crippen molar-refractivity contribution in [3.8, 4) is 0 Å². The van der Waals surface area contributed by atoms with Crippen molar-refractivity contribution in [1.82, 2.24) is 0 Å². The normalized spacial score (nSPS) is 7.00. The van der Waals surface area contributed by atoms with Crippen molar-refractivity contribution < 1.29 is 93.3 Å². The van der Waals surface area contributed by atoms with Gasteiger partial charge in [-0.2, -0.15) is 0 Å². The molecule has 0 radical (unpaired) electrons. The molecular formula is C10H29O8Zr2+. The van der Waals surface area contributed by atoms with Crippen molar-refractivity contribution in [2.45, 2.75) is 19.1 Å². The zero-order chi connectivity index (χ0) is 14.7. The Labute approximate surface area is 159 Å². The van der Waals surface area contributed by atoms with Crippen LogP contribution in [0.3, 0.4) is 0 Å². The third-order valence-corrected chi connectivity index (χ3v) is 0.843. The Morgan fingerprint density at radius 1 is 0.800 bits per heavy atom. The number of hydrogen-bond donors (Lipinski definition) is 7. The van der Waals surface area contributed by atoms with Crippen LogP contribution in [0.4, 0.5) is 0 Å². The topological polar surface area (TPSA) is 165 Å². The van der Waals surface area contributed by atoms with Crippen molar-refractivity contribution in [3.05, 3.63) is 14.0 Å². The van der Waals surface area contributed by atoms with Gasteiger partial charge in [-0.05, 0) is 0 Å². The molecule has 0 saturated carbocycles. The Kier molecular flexibility index (Phi) is 107. The minimum atomic E-state index is -0.954. The van der Waals surface area contributed by atoms with Crippen LogP contribution in [0.5, 0.6) is 0 Å². The predicted octanol–water partition coefficient (Wildman–Crippen LogP) is -3.01. The van der Waals surface area contributed by atoms with Gasteiger partial charge >= 0.3 is 0 Å². The fourth-order valence-corrected chi connectivity index (χ4v) is 0.115. The van der Waals surface area contributed by atoms with Gasteiger partial charge in [0.1, 0.15) is 26.2 Å². The molecule has 0 aliphatic heterocycles. The summed E-state index contributed by atoms with van der Waals surface area (Å²) in [5.74, 6) is 0. The second-order valence-corrected chi connectivity index (χ2v) is 2.30. The van der Waals surface area contributed by atoms with Crippen LogP contribution in [0.2, 0.25) is 0 Å². The van der Waals surface area contributed by atoms with Crippen molar-refractivity contribution in [3.63, 3.8) is 0 Å². The molecule has 0 unspecified atom stereocenters. The van der Waals surface area contributed by atoms with E-state index in [1.54, 1.807) is 6.92 Å². The van der Waals surface area contributed by atoms with Gasteiger partial charge in [-0.3, -0.25) is 0 Å². The fraction of sp³-hybridized carbons (Fsp3) is 0.800. The first-order valence-corrected chi connectivity index (χ1v) is 4.75. The molecule has 0 amide bonds. The van der Waals surface area contributed by atoms with Gasteiger partial charge in [-0.15, -0.1) is 0 Å². The zero-order valence-electron chi connectivity index (χ0n) is 12.2. The van der Waals surface area contributed by atoms with Gasteiger partial charge in [-0.25, -0.2) is 5.11 Å². The number of rotatable bonds is 4. The Bertz CT molecular complexity index is 85.3. The maximum absolute atomic E-state index is 8.17. The van der Waals surface area contributed by atoms with Crippen LogP contribution in [0.25, 0.3) is 0 Å². The predicted molar refractivity (Wildman–Crippen MR) is 68.2 cm³/mol. The number of aliphatic hydroxyl groups excluding tert-OH is 7. The smallest absolute Gasteiger partial charge is 0.220 e.